The van der Waals surface area contributed by atoms with Crippen molar-refractivity contribution in [3.8, 4) is 0 Å². The summed E-state index contributed by atoms with van der Waals surface area (Å²) in [7, 11) is 0. The molecule has 0 bridgehead atoms. The van der Waals surface area contributed by atoms with E-state index in [9.17, 15) is 0 Å². The molecule has 0 aromatic rings. The summed E-state index contributed by atoms with van der Waals surface area (Å²) in [5, 5.41) is 0. The van der Waals surface area contributed by atoms with E-state index in [1.807, 2.05) is 0 Å². The van der Waals surface area contributed by atoms with Crippen molar-refractivity contribution in [1.29, 1.82) is 0 Å². The highest BCUT2D eigenvalue weighted by Crippen LogP contribution is 2.25. The van der Waals surface area contributed by atoms with Crippen molar-refractivity contribution in [3.05, 3.63) is 0 Å². The molecule has 0 saturated heterocycles. The summed E-state index contributed by atoms with van der Waals surface area (Å²) in [6.07, 6.45) is 5.14. The average Bonchev–Trinajstić information content (AvgIpc) is 2.37. The Balaban J connectivity index is 2.24. The van der Waals surface area contributed by atoms with E-state index < -0.39 is 0 Å². The maximum absolute atomic E-state index is 5.64. The van der Waals surface area contributed by atoms with E-state index in [0.29, 0.717) is 5.92 Å². The third-order valence-electron chi connectivity index (χ3n) is 2.10. The Bertz CT molecular complexity index is 78.4. The van der Waals surface area contributed by atoms with Gasteiger partial charge in [-0.2, -0.15) is 0 Å². The summed E-state index contributed by atoms with van der Waals surface area (Å²) in [4.78, 5) is 0. The van der Waals surface area contributed by atoms with Gasteiger partial charge >= 0.3 is 0 Å². The van der Waals surface area contributed by atoms with Gasteiger partial charge in [-0.05, 0) is 18.8 Å². The molecule has 0 aliphatic heterocycles. The lowest BCUT2D eigenvalue weighted by Gasteiger charge is -2.16. The van der Waals surface area contributed by atoms with Crippen molar-refractivity contribution in [3.63, 3.8) is 0 Å². The Labute approximate surface area is 55.8 Å². The van der Waals surface area contributed by atoms with Gasteiger partial charge in [-0.1, -0.05) is 12.8 Å². The van der Waals surface area contributed by atoms with Gasteiger partial charge in [-0.25, -0.2) is 5.43 Å². The van der Waals surface area contributed by atoms with Gasteiger partial charge in [0.05, 0.1) is 6.17 Å². The molecule has 1 rings (SSSR count). The normalized spacial score (nSPS) is 24.7. The van der Waals surface area contributed by atoms with Gasteiger partial charge in [-0.15, -0.1) is 0 Å². The van der Waals surface area contributed by atoms with Crippen LogP contribution in [0.2, 0.25) is 0 Å². The van der Waals surface area contributed by atoms with Crippen LogP contribution in [0.4, 0.5) is 0 Å². The van der Waals surface area contributed by atoms with Crippen LogP contribution in [0.1, 0.15) is 25.7 Å². The Kier molecular flexibility index (Phi) is 2.45. The standard InChI is InChI=1S/C6H15N3/c7-6(9-8)5-3-1-2-4-5/h5-6,9H,1-4,7-8H2. The fourth-order valence-corrected chi connectivity index (χ4v) is 1.45. The van der Waals surface area contributed by atoms with Gasteiger partial charge in [-0.3, -0.25) is 5.84 Å². The highest BCUT2D eigenvalue weighted by Gasteiger charge is 2.20. The molecule has 1 aliphatic rings. The fourth-order valence-electron chi connectivity index (χ4n) is 1.45. The summed E-state index contributed by atoms with van der Waals surface area (Å²) in [6.45, 7) is 0. The zero-order valence-electron chi connectivity index (χ0n) is 5.64. The van der Waals surface area contributed by atoms with Crippen LogP contribution in [0.25, 0.3) is 0 Å². The van der Waals surface area contributed by atoms with E-state index in [1.54, 1.807) is 0 Å². The Morgan fingerprint density at radius 1 is 1.33 bits per heavy atom. The van der Waals surface area contributed by atoms with Crippen molar-refractivity contribution in [2.24, 2.45) is 17.5 Å². The number of hydrogen-bond acceptors (Lipinski definition) is 3. The van der Waals surface area contributed by atoms with E-state index in [2.05, 4.69) is 5.43 Å². The molecule has 0 amide bonds. The largest absolute Gasteiger partial charge is 0.315 e. The maximum Gasteiger partial charge on any atom is 0.0705 e. The third kappa shape index (κ3) is 1.64. The second kappa shape index (κ2) is 3.15. The first-order chi connectivity index (χ1) is 4.34. The van der Waals surface area contributed by atoms with Gasteiger partial charge in [0, 0.05) is 0 Å². The smallest absolute Gasteiger partial charge is 0.0705 e. The molecule has 54 valence electrons. The molecule has 5 N–H and O–H groups in total. The summed E-state index contributed by atoms with van der Waals surface area (Å²) in [5.41, 5.74) is 8.23. The van der Waals surface area contributed by atoms with E-state index in [-0.39, 0.29) is 6.17 Å². The molecule has 1 atom stereocenters. The van der Waals surface area contributed by atoms with Crippen molar-refractivity contribution in [1.82, 2.24) is 5.43 Å². The zero-order chi connectivity index (χ0) is 6.69. The van der Waals surface area contributed by atoms with E-state index in [4.69, 9.17) is 11.6 Å². The molecule has 1 unspecified atom stereocenters. The predicted molar refractivity (Wildman–Crippen MR) is 37.3 cm³/mol. The minimum atomic E-state index is 0.0208. The van der Waals surface area contributed by atoms with Crippen LogP contribution in [0.15, 0.2) is 0 Å². The van der Waals surface area contributed by atoms with Crippen LogP contribution >= 0.6 is 0 Å². The molecular formula is C6H15N3. The quantitative estimate of drug-likeness (QED) is 0.278. The molecule has 1 fully saturated rings. The fraction of sp³-hybridized carbons (Fsp3) is 1.00. The lowest BCUT2D eigenvalue weighted by molar-refractivity contribution is 0.373. The van der Waals surface area contributed by atoms with Crippen LogP contribution in [0.3, 0.4) is 0 Å². The Morgan fingerprint density at radius 2 is 1.89 bits per heavy atom. The number of nitrogens with two attached hydrogens (primary N) is 2. The SMILES string of the molecule is NNC(N)C1CCCC1. The van der Waals surface area contributed by atoms with Crippen LogP contribution in [0.5, 0.6) is 0 Å². The Morgan fingerprint density at radius 3 is 2.33 bits per heavy atom. The minimum absolute atomic E-state index is 0.0208. The number of hydrazine groups is 1. The van der Waals surface area contributed by atoms with Gasteiger partial charge in [0.1, 0.15) is 0 Å². The van der Waals surface area contributed by atoms with Crippen LogP contribution in [0, 0.1) is 5.92 Å². The molecule has 0 aromatic carbocycles. The molecule has 0 radical (unpaired) electrons. The lowest BCUT2D eigenvalue weighted by atomic mass is 10.1. The summed E-state index contributed by atoms with van der Waals surface area (Å²) >= 11 is 0. The van der Waals surface area contributed by atoms with Gasteiger partial charge in [0.2, 0.25) is 0 Å². The van der Waals surface area contributed by atoms with Crippen LogP contribution < -0.4 is 17.0 Å². The number of rotatable bonds is 2. The first kappa shape index (κ1) is 6.99. The molecule has 0 spiro atoms. The maximum atomic E-state index is 5.64. The van der Waals surface area contributed by atoms with Gasteiger partial charge in [0.15, 0.2) is 0 Å². The van der Waals surface area contributed by atoms with E-state index in [0.717, 1.165) is 0 Å². The molecule has 3 heteroatoms. The van der Waals surface area contributed by atoms with Crippen molar-refractivity contribution >= 4 is 0 Å². The minimum Gasteiger partial charge on any atom is -0.315 e. The number of hydrogen-bond donors (Lipinski definition) is 3. The summed E-state index contributed by atoms with van der Waals surface area (Å²) in [5.74, 6) is 5.80. The first-order valence-corrected chi connectivity index (χ1v) is 3.56. The molecule has 0 heterocycles. The summed E-state index contributed by atoms with van der Waals surface area (Å²) in [6, 6.07) is 0. The van der Waals surface area contributed by atoms with Crippen molar-refractivity contribution in [2.75, 3.05) is 0 Å². The molecule has 1 saturated carbocycles. The second-order valence-corrected chi connectivity index (χ2v) is 2.74. The van der Waals surface area contributed by atoms with Crippen molar-refractivity contribution < 1.29 is 0 Å². The van der Waals surface area contributed by atoms with E-state index >= 15 is 0 Å². The van der Waals surface area contributed by atoms with Crippen molar-refractivity contribution in [2.45, 2.75) is 31.8 Å². The zero-order valence-corrected chi connectivity index (χ0v) is 5.64. The molecule has 3 nitrogen and oxygen atoms in total. The third-order valence-corrected chi connectivity index (χ3v) is 2.10. The van der Waals surface area contributed by atoms with Gasteiger partial charge < -0.3 is 5.73 Å². The highest BCUT2D eigenvalue weighted by molar-refractivity contribution is 4.74. The van der Waals surface area contributed by atoms with Crippen LogP contribution in [-0.2, 0) is 0 Å². The van der Waals surface area contributed by atoms with Gasteiger partial charge in [0.25, 0.3) is 0 Å². The number of nitrogens with one attached hydrogen (secondary N) is 1. The molecule has 9 heavy (non-hydrogen) atoms. The molecule has 1 aliphatic carbocycles. The first-order valence-electron chi connectivity index (χ1n) is 3.56. The lowest BCUT2D eigenvalue weighted by Crippen LogP contribution is -2.46. The highest BCUT2D eigenvalue weighted by atomic mass is 15.3. The average molecular weight is 129 g/mol. The van der Waals surface area contributed by atoms with Crippen LogP contribution in [-0.4, -0.2) is 6.17 Å². The predicted octanol–water partition coefficient (Wildman–Crippen LogP) is -0.0753. The molecule has 0 aromatic heterocycles. The van der Waals surface area contributed by atoms with E-state index in [1.165, 1.54) is 25.7 Å². The summed E-state index contributed by atoms with van der Waals surface area (Å²) < 4.78 is 0. The topological polar surface area (TPSA) is 64.1 Å². The molecular weight excluding hydrogens is 114 g/mol. The monoisotopic (exact) mass is 129 g/mol. The Hall–Kier alpha value is -0.120. The second-order valence-electron chi connectivity index (χ2n) is 2.74.